The average Bonchev–Trinajstić information content (AvgIpc) is 2.73. The molecule has 0 saturated heterocycles. The first-order chi connectivity index (χ1) is 9.15. The Morgan fingerprint density at radius 3 is 2.63 bits per heavy atom. The van der Waals surface area contributed by atoms with E-state index in [-0.39, 0.29) is 0 Å². The van der Waals surface area contributed by atoms with E-state index >= 15 is 0 Å². The molecule has 0 atom stereocenters. The zero-order chi connectivity index (χ0) is 13.6. The van der Waals surface area contributed by atoms with E-state index in [4.69, 9.17) is 4.74 Å². The maximum absolute atomic E-state index is 11.4. The van der Waals surface area contributed by atoms with Crippen molar-refractivity contribution in [1.29, 1.82) is 0 Å². The van der Waals surface area contributed by atoms with Crippen molar-refractivity contribution in [3.8, 4) is 5.75 Å². The Balaban J connectivity index is 2.63. The van der Waals surface area contributed by atoms with Crippen LogP contribution in [0.25, 0.3) is 21.8 Å². The first-order valence-electron chi connectivity index (χ1n) is 5.92. The second-order valence-electron chi connectivity index (χ2n) is 4.42. The zero-order valence-corrected chi connectivity index (χ0v) is 10.7. The summed E-state index contributed by atoms with van der Waals surface area (Å²) < 4.78 is 7.33. The van der Waals surface area contributed by atoms with Gasteiger partial charge in [-0.1, -0.05) is 18.2 Å². The Labute approximate surface area is 109 Å². The molecule has 0 unspecified atom stereocenters. The number of aromatic carboxylic acids is 1. The van der Waals surface area contributed by atoms with Crippen LogP contribution in [0.4, 0.5) is 0 Å². The molecule has 96 valence electrons. The molecule has 0 fully saturated rings. The van der Waals surface area contributed by atoms with Crippen molar-refractivity contribution in [3.63, 3.8) is 0 Å². The average molecular weight is 255 g/mol. The number of hydrogen-bond donors (Lipinski definition) is 1. The number of methoxy groups -OCH3 is 1. The topological polar surface area (TPSA) is 51.5 Å². The monoisotopic (exact) mass is 255 g/mol. The summed E-state index contributed by atoms with van der Waals surface area (Å²) in [5.74, 6) is -0.247. The minimum Gasteiger partial charge on any atom is -0.495 e. The number of fused-ring (bicyclic) bond motifs is 3. The van der Waals surface area contributed by atoms with Gasteiger partial charge in [-0.2, -0.15) is 0 Å². The predicted molar refractivity (Wildman–Crippen MR) is 73.9 cm³/mol. The van der Waals surface area contributed by atoms with E-state index in [1.807, 2.05) is 35.9 Å². The lowest BCUT2D eigenvalue weighted by atomic mass is 10.1. The standard InChI is InChI=1S/C15H13NO3/c1-16-11-6-4-3-5-9(11)13-10(15(17)18)7-8-12(19-2)14(13)16/h3-8H,1-2H3,(H,17,18). The van der Waals surface area contributed by atoms with Crippen LogP contribution in [0.3, 0.4) is 0 Å². The third-order valence-electron chi connectivity index (χ3n) is 3.46. The number of carboxylic acid groups (broad SMARTS) is 1. The predicted octanol–water partition coefficient (Wildman–Crippen LogP) is 3.04. The molecule has 1 aromatic heterocycles. The highest BCUT2D eigenvalue weighted by molar-refractivity contribution is 6.18. The molecule has 0 saturated carbocycles. The number of hydrogen-bond acceptors (Lipinski definition) is 2. The van der Waals surface area contributed by atoms with Crippen molar-refractivity contribution < 1.29 is 14.6 Å². The van der Waals surface area contributed by atoms with E-state index in [1.54, 1.807) is 19.2 Å². The fourth-order valence-corrected chi connectivity index (χ4v) is 2.62. The van der Waals surface area contributed by atoms with Crippen molar-refractivity contribution in [3.05, 3.63) is 42.0 Å². The summed E-state index contributed by atoms with van der Waals surface area (Å²) in [6.07, 6.45) is 0. The molecule has 0 amide bonds. The molecule has 4 nitrogen and oxygen atoms in total. The summed E-state index contributed by atoms with van der Waals surface area (Å²) in [7, 11) is 3.51. The second kappa shape index (κ2) is 4.02. The van der Waals surface area contributed by atoms with Crippen LogP contribution in [0.1, 0.15) is 10.4 Å². The van der Waals surface area contributed by atoms with Gasteiger partial charge >= 0.3 is 5.97 Å². The SMILES string of the molecule is COc1ccc(C(=O)O)c2c3ccccc3n(C)c12. The van der Waals surface area contributed by atoms with E-state index in [2.05, 4.69) is 0 Å². The fourth-order valence-electron chi connectivity index (χ4n) is 2.62. The molecular weight excluding hydrogens is 242 g/mol. The molecule has 1 heterocycles. The van der Waals surface area contributed by atoms with Gasteiger partial charge in [0.05, 0.1) is 18.2 Å². The van der Waals surface area contributed by atoms with E-state index in [9.17, 15) is 9.90 Å². The van der Waals surface area contributed by atoms with E-state index < -0.39 is 5.97 Å². The summed E-state index contributed by atoms with van der Waals surface area (Å²) in [6, 6.07) is 11.0. The second-order valence-corrected chi connectivity index (χ2v) is 4.42. The Hall–Kier alpha value is -2.49. The highest BCUT2D eigenvalue weighted by Crippen LogP contribution is 2.36. The third kappa shape index (κ3) is 1.50. The zero-order valence-electron chi connectivity index (χ0n) is 10.7. The molecule has 0 bridgehead atoms. The van der Waals surface area contributed by atoms with Crippen molar-refractivity contribution in [2.24, 2.45) is 7.05 Å². The van der Waals surface area contributed by atoms with Crippen LogP contribution in [0.15, 0.2) is 36.4 Å². The highest BCUT2D eigenvalue weighted by Gasteiger charge is 2.18. The largest absolute Gasteiger partial charge is 0.495 e. The van der Waals surface area contributed by atoms with Gasteiger partial charge in [0.25, 0.3) is 0 Å². The van der Waals surface area contributed by atoms with E-state index in [0.29, 0.717) is 11.3 Å². The maximum Gasteiger partial charge on any atom is 0.336 e. The number of aromatic nitrogens is 1. The van der Waals surface area contributed by atoms with Gasteiger partial charge < -0.3 is 14.4 Å². The molecule has 3 aromatic rings. The molecule has 19 heavy (non-hydrogen) atoms. The highest BCUT2D eigenvalue weighted by atomic mass is 16.5. The fraction of sp³-hybridized carbons (Fsp3) is 0.133. The normalized spacial score (nSPS) is 11.1. The molecule has 4 heteroatoms. The van der Waals surface area contributed by atoms with Gasteiger partial charge in [0, 0.05) is 23.3 Å². The summed E-state index contributed by atoms with van der Waals surface area (Å²) in [6.45, 7) is 0. The Kier molecular flexibility index (Phi) is 2.45. The summed E-state index contributed by atoms with van der Waals surface area (Å²) in [5.41, 5.74) is 2.10. The maximum atomic E-state index is 11.4. The number of carbonyl (C=O) groups is 1. The molecule has 0 radical (unpaired) electrons. The van der Waals surface area contributed by atoms with Crippen LogP contribution >= 0.6 is 0 Å². The third-order valence-corrected chi connectivity index (χ3v) is 3.46. The van der Waals surface area contributed by atoms with Crippen LogP contribution in [0.2, 0.25) is 0 Å². The first-order valence-corrected chi connectivity index (χ1v) is 5.92. The van der Waals surface area contributed by atoms with Crippen LogP contribution in [-0.4, -0.2) is 22.8 Å². The van der Waals surface area contributed by atoms with Crippen molar-refractivity contribution >= 4 is 27.8 Å². The molecule has 1 N–H and O–H groups in total. The molecule has 0 aliphatic rings. The number of benzene rings is 2. The summed E-state index contributed by atoms with van der Waals surface area (Å²) >= 11 is 0. The Morgan fingerprint density at radius 2 is 1.95 bits per heavy atom. The number of ether oxygens (including phenoxy) is 1. The Morgan fingerprint density at radius 1 is 1.21 bits per heavy atom. The van der Waals surface area contributed by atoms with Gasteiger partial charge in [-0.3, -0.25) is 0 Å². The van der Waals surface area contributed by atoms with Crippen LogP contribution < -0.4 is 4.74 Å². The molecule has 0 aliphatic heterocycles. The van der Waals surface area contributed by atoms with E-state index in [0.717, 1.165) is 21.8 Å². The van der Waals surface area contributed by atoms with Crippen LogP contribution in [0.5, 0.6) is 5.75 Å². The molecule has 3 rings (SSSR count). The minimum atomic E-state index is -0.927. The summed E-state index contributed by atoms with van der Waals surface area (Å²) in [4.78, 5) is 11.4. The van der Waals surface area contributed by atoms with Gasteiger partial charge in [-0.25, -0.2) is 4.79 Å². The van der Waals surface area contributed by atoms with Crippen molar-refractivity contribution in [2.75, 3.05) is 7.11 Å². The quantitative estimate of drug-likeness (QED) is 0.765. The van der Waals surface area contributed by atoms with Crippen molar-refractivity contribution in [1.82, 2.24) is 4.57 Å². The molecule has 0 spiro atoms. The number of aryl methyl sites for hydroxylation is 1. The Bertz CT molecular complexity index is 802. The smallest absolute Gasteiger partial charge is 0.336 e. The van der Waals surface area contributed by atoms with Gasteiger partial charge in [-0.05, 0) is 18.2 Å². The van der Waals surface area contributed by atoms with Crippen molar-refractivity contribution in [2.45, 2.75) is 0 Å². The van der Waals surface area contributed by atoms with Gasteiger partial charge in [0.1, 0.15) is 5.75 Å². The lowest BCUT2D eigenvalue weighted by Gasteiger charge is -2.06. The van der Waals surface area contributed by atoms with Crippen LogP contribution in [-0.2, 0) is 7.05 Å². The van der Waals surface area contributed by atoms with Gasteiger partial charge in [-0.15, -0.1) is 0 Å². The molecule has 2 aromatic carbocycles. The van der Waals surface area contributed by atoms with Crippen LogP contribution in [0, 0.1) is 0 Å². The summed E-state index contributed by atoms with van der Waals surface area (Å²) in [5, 5.41) is 11.0. The molecule has 0 aliphatic carbocycles. The lowest BCUT2D eigenvalue weighted by Crippen LogP contribution is -1.99. The number of nitrogens with zero attached hydrogens (tertiary/aromatic N) is 1. The minimum absolute atomic E-state index is 0.299. The van der Waals surface area contributed by atoms with Gasteiger partial charge in [0.15, 0.2) is 0 Å². The lowest BCUT2D eigenvalue weighted by molar-refractivity contribution is 0.0699. The number of rotatable bonds is 2. The first kappa shape index (κ1) is 11.6. The van der Waals surface area contributed by atoms with E-state index in [1.165, 1.54) is 0 Å². The van der Waals surface area contributed by atoms with Gasteiger partial charge in [0.2, 0.25) is 0 Å². The number of para-hydroxylation sites is 1. The number of carboxylic acids is 1. The molecular formula is C15H13NO3.